The van der Waals surface area contributed by atoms with Crippen LogP contribution in [0.3, 0.4) is 0 Å². The van der Waals surface area contributed by atoms with Crippen LogP contribution in [0, 0.1) is 0 Å². The summed E-state index contributed by atoms with van der Waals surface area (Å²) in [4.78, 5) is 21.4. The van der Waals surface area contributed by atoms with E-state index in [0.29, 0.717) is 0 Å². The van der Waals surface area contributed by atoms with Crippen LogP contribution < -0.4 is 0 Å². The summed E-state index contributed by atoms with van der Waals surface area (Å²) < 4.78 is 15.1. The molecule has 7 heteroatoms. The van der Waals surface area contributed by atoms with Crippen LogP contribution in [-0.2, 0) is 22.6 Å². The van der Waals surface area contributed by atoms with E-state index in [0.717, 1.165) is 0 Å². The minimum Gasteiger partial charge on any atom is -0.467 e. The van der Waals surface area contributed by atoms with E-state index in [-0.39, 0.29) is 0 Å². The van der Waals surface area contributed by atoms with Crippen molar-refractivity contribution in [2.24, 2.45) is 0 Å². The van der Waals surface area contributed by atoms with Gasteiger partial charge in [-0.15, -0.1) is 0 Å². The van der Waals surface area contributed by atoms with Gasteiger partial charge in [0.1, 0.15) is 0 Å². The molecular formula is C7H16O5Si2. The molecule has 5 nitrogen and oxygen atoms in total. The average molecular weight is 236 g/mol. The fourth-order valence-corrected chi connectivity index (χ4v) is 3.92. The molecule has 0 rings (SSSR count). The van der Waals surface area contributed by atoms with Gasteiger partial charge in [-0.1, -0.05) is 0 Å². The van der Waals surface area contributed by atoms with Gasteiger partial charge in [-0.3, -0.25) is 9.59 Å². The highest BCUT2D eigenvalue weighted by atomic mass is 28.4. The van der Waals surface area contributed by atoms with Gasteiger partial charge in [0.15, 0.2) is 8.32 Å². The predicted molar refractivity (Wildman–Crippen MR) is 55.1 cm³/mol. The Morgan fingerprint density at radius 3 is 1.57 bits per heavy atom. The first-order chi connectivity index (χ1) is 6.20. The maximum atomic E-state index is 10.7. The van der Waals surface area contributed by atoms with Crippen molar-refractivity contribution in [3.8, 4) is 0 Å². The molecule has 0 atom stereocenters. The highest BCUT2D eigenvalue weighted by molar-refractivity contribution is 6.75. The lowest BCUT2D eigenvalue weighted by Crippen LogP contribution is -2.40. The lowest BCUT2D eigenvalue weighted by Gasteiger charge is -2.22. The number of carbonyl (C=O) groups is 2. The first-order valence-corrected chi connectivity index (χ1v) is 9.05. The van der Waals surface area contributed by atoms with Gasteiger partial charge in [0.05, 0.1) is 0 Å². The van der Waals surface area contributed by atoms with Crippen LogP contribution >= 0.6 is 0 Å². The Balaban J connectivity index is 4.24. The molecule has 14 heavy (non-hydrogen) atoms. The molecule has 0 aromatic heterocycles. The SMILES string of the molecule is CC(=O)O[SiH](OC(C)=O)O[Si](C)(C)C. The lowest BCUT2D eigenvalue weighted by molar-refractivity contribution is -0.139. The lowest BCUT2D eigenvalue weighted by atomic mass is 10.9. The fraction of sp³-hybridized carbons (Fsp3) is 0.714. The molecule has 0 saturated heterocycles. The molecule has 0 aliphatic heterocycles. The van der Waals surface area contributed by atoms with E-state index in [4.69, 9.17) is 13.0 Å². The van der Waals surface area contributed by atoms with E-state index in [9.17, 15) is 9.59 Å². The molecule has 0 aliphatic carbocycles. The molecule has 0 aromatic carbocycles. The fourth-order valence-electron chi connectivity index (χ4n) is 0.632. The van der Waals surface area contributed by atoms with Crippen LogP contribution in [0.5, 0.6) is 0 Å². The van der Waals surface area contributed by atoms with Gasteiger partial charge in [0.2, 0.25) is 0 Å². The van der Waals surface area contributed by atoms with Gasteiger partial charge >= 0.3 is 9.53 Å². The van der Waals surface area contributed by atoms with Crippen molar-refractivity contribution < 1.29 is 22.6 Å². The summed E-state index contributed by atoms with van der Waals surface area (Å²) in [6, 6.07) is 0. The van der Waals surface area contributed by atoms with Gasteiger partial charge in [-0.25, -0.2) is 0 Å². The normalized spacial score (nSPS) is 11.3. The van der Waals surface area contributed by atoms with Gasteiger partial charge < -0.3 is 13.0 Å². The van der Waals surface area contributed by atoms with E-state index < -0.39 is 29.8 Å². The molecule has 0 bridgehead atoms. The van der Waals surface area contributed by atoms with Gasteiger partial charge in [-0.05, 0) is 19.6 Å². The number of carbonyl (C=O) groups excluding carboxylic acids is 2. The smallest absolute Gasteiger partial charge is 0.467 e. The Labute approximate surface area is 86.4 Å². The average Bonchev–Trinajstić information content (AvgIpc) is 1.77. The Morgan fingerprint density at radius 2 is 1.36 bits per heavy atom. The molecule has 0 aliphatic rings. The second-order valence-corrected chi connectivity index (χ2v) is 9.95. The molecule has 82 valence electrons. The first-order valence-electron chi connectivity index (χ1n) is 4.23. The van der Waals surface area contributed by atoms with Crippen LogP contribution in [-0.4, -0.2) is 29.8 Å². The monoisotopic (exact) mass is 236 g/mol. The van der Waals surface area contributed by atoms with Crippen molar-refractivity contribution in [1.29, 1.82) is 0 Å². The summed E-state index contributed by atoms with van der Waals surface area (Å²) in [5, 5.41) is 0. The van der Waals surface area contributed by atoms with Crippen molar-refractivity contribution >= 4 is 29.8 Å². The zero-order valence-electron chi connectivity index (χ0n) is 9.12. The third kappa shape index (κ3) is 7.96. The van der Waals surface area contributed by atoms with E-state index >= 15 is 0 Å². The number of hydrogen-bond acceptors (Lipinski definition) is 5. The van der Waals surface area contributed by atoms with Crippen molar-refractivity contribution in [1.82, 2.24) is 0 Å². The largest absolute Gasteiger partial charge is 0.609 e. The van der Waals surface area contributed by atoms with Crippen LogP contribution in [0.1, 0.15) is 13.8 Å². The molecule has 0 spiro atoms. The van der Waals surface area contributed by atoms with Crippen molar-refractivity contribution in [3.63, 3.8) is 0 Å². The molecule has 0 fully saturated rings. The molecule has 0 N–H and O–H groups in total. The first kappa shape index (κ1) is 13.3. The topological polar surface area (TPSA) is 61.8 Å². The van der Waals surface area contributed by atoms with Crippen LogP contribution in [0.25, 0.3) is 0 Å². The zero-order chi connectivity index (χ0) is 11.4. The molecular weight excluding hydrogens is 220 g/mol. The van der Waals surface area contributed by atoms with Gasteiger partial charge in [0, 0.05) is 13.8 Å². The van der Waals surface area contributed by atoms with Crippen LogP contribution in [0.2, 0.25) is 19.6 Å². The standard InChI is InChI=1S/C7H16O5Si2/c1-6(8)10-13(11-7(2)9)12-14(3,4)5/h13H,1-5H3. The quantitative estimate of drug-likeness (QED) is 0.672. The maximum Gasteiger partial charge on any atom is 0.609 e. The summed E-state index contributed by atoms with van der Waals surface area (Å²) in [6.07, 6.45) is 0. The Bertz CT molecular complexity index is 207. The maximum absolute atomic E-state index is 10.7. The molecule has 0 heterocycles. The molecule has 0 unspecified atom stereocenters. The minimum absolute atomic E-state index is 0.485. The van der Waals surface area contributed by atoms with Crippen molar-refractivity contribution in [3.05, 3.63) is 0 Å². The molecule has 0 aromatic rings. The second-order valence-electron chi connectivity index (χ2n) is 3.74. The van der Waals surface area contributed by atoms with Crippen LogP contribution in [0.15, 0.2) is 0 Å². The summed E-state index contributed by atoms with van der Waals surface area (Å²) >= 11 is 0. The molecule has 0 saturated carbocycles. The molecule has 0 radical (unpaired) electrons. The van der Waals surface area contributed by atoms with E-state index in [1.807, 2.05) is 19.6 Å². The Morgan fingerprint density at radius 1 is 1.00 bits per heavy atom. The van der Waals surface area contributed by atoms with Crippen molar-refractivity contribution in [2.75, 3.05) is 0 Å². The summed E-state index contributed by atoms with van der Waals surface area (Å²) in [6.45, 7) is 8.31. The predicted octanol–water partition coefficient (Wildman–Crippen LogP) is 0.681. The molecule has 0 amide bonds. The zero-order valence-corrected chi connectivity index (χ0v) is 11.3. The third-order valence-corrected chi connectivity index (χ3v) is 5.62. The summed E-state index contributed by atoms with van der Waals surface area (Å²) in [5.41, 5.74) is 0. The van der Waals surface area contributed by atoms with Gasteiger partial charge in [-0.2, -0.15) is 0 Å². The summed E-state index contributed by atoms with van der Waals surface area (Å²) in [7, 11) is -4.46. The van der Waals surface area contributed by atoms with Crippen LogP contribution in [0.4, 0.5) is 0 Å². The third-order valence-electron chi connectivity index (χ3n) is 0.974. The summed E-state index contributed by atoms with van der Waals surface area (Å²) in [5.74, 6) is -0.970. The highest BCUT2D eigenvalue weighted by Gasteiger charge is 2.29. The van der Waals surface area contributed by atoms with E-state index in [2.05, 4.69) is 0 Å². The van der Waals surface area contributed by atoms with E-state index in [1.54, 1.807) is 0 Å². The number of hydrogen-bond donors (Lipinski definition) is 0. The Kier molecular flexibility index (Phi) is 5.02. The van der Waals surface area contributed by atoms with Gasteiger partial charge in [0.25, 0.3) is 11.9 Å². The Hall–Kier alpha value is -0.666. The van der Waals surface area contributed by atoms with E-state index in [1.165, 1.54) is 13.8 Å². The second kappa shape index (κ2) is 5.27. The minimum atomic E-state index is -2.61. The highest BCUT2D eigenvalue weighted by Crippen LogP contribution is 2.07. The van der Waals surface area contributed by atoms with Crippen molar-refractivity contribution in [2.45, 2.75) is 33.5 Å². The number of rotatable bonds is 4.